The first-order valence-electron chi connectivity index (χ1n) is 9.96. The van der Waals surface area contributed by atoms with Crippen LogP contribution in [0.2, 0.25) is 0 Å². The third-order valence-corrected chi connectivity index (χ3v) is 5.83. The third kappa shape index (κ3) is 4.28. The van der Waals surface area contributed by atoms with Crippen molar-refractivity contribution in [3.8, 4) is 17.1 Å². The van der Waals surface area contributed by atoms with Crippen molar-refractivity contribution in [1.82, 2.24) is 35.0 Å². The standard InChI is InChI=1S/C23H18FN7S/c24-19-13-11-18(12-14-19)22-26-27-23(30(22)15-17-7-3-1-4-8-17)32-16-21-25-28-29-31(21)20-9-5-2-6-10-20/h1-14H,15-16H2. The van der Waals surface area contributed by atoms with E-state index in [1.165, 1.54) is 23.9 Å². The molecule has 0 atom stereocenters. The van der Waals surface area contributed by atoms with Gasteiger partial charge in [-0.1, -0.05) is 60.3 Å². The number of para-hydroxylation sites is 1. The van der Waals surface area contributed by atoms with E-state index < -0.39 is 0 Å². The highest BCUT2D eigenvalue weighted by Crippen LogP contribution is 2.27. The van der Waals surface area contributed by atoms with E-state index >= 15 is 0 Å². The number of benzene rings is 3. The number of hydrogen-bond acceptors (Lipinski definition) is 6. The molecule has 0 saturated heterocycles. The van der Waals surface area contributed by atoms with Crippen LogP contribution >= 0.6 is 11.8 Å². The smallest absolute Gasteiger partial charge is 0.192 e. The van der Waals surface area contributed by atoms with E-state index in [0.29, 0.717) is 23.9 Å². The van der Waals surface area contributed by atoms with Crippen molar-refractivity contribution >= 4 is 11.8 Å². The van der Waals surface area contributed by atoms with Gasteiger partial charge in [0.2, 0.25) is 0 Å². The Kier molecular flexibility index (Phi) is 5.71. The fraction of sp³-hybridized carbons (Fsp3) is 0.0870. The average Bonchev–Trinajstić information content (AvgIpc) is 3.47. The van der Waals surface area contributed by atoms with Crippen LogP contribution in [0.1, 0.15) is 11.4 Å². The van der Waals surface area contributed by atoms with Gasteiger partial charge >= 0.3 is 0 Å². The molecule has 0 radical (unpaired) electrons. The van der Waals surface area contributed by atoms with Gasteiger partial charge < -0.3 is 0 Å². The first-order chi connectivity index (χ1) is 15.8. The monoisotopic (exact) mass is 443 g/mol. The van der Waals surface area contributed by atoms with E-state index in [2.05, 4.69) is 37.9 Å². The Morgan fingerprint density at radius 2 is 1.50 bits per heavy atom. The Balaban J connectivity index is 1.45. The van der Waals surface area contributed by atoms with Gasteiger partial charge in [0.15, 0.2) is 16.8 Å². The normalized spacial score (nSPS) is 11.0. The number of hydrogen-bond donors (Lipinski definition) is 0. The van der Waals surface area contributed by atoms with Gasteiger partial charge in [-0.15, -0.1) is 15.3 Å². The molecular formula is C23H18FN7S. The molecule has 7 nitrogen and oxygen atoms in total. The zero-order valence-corrected chi connectivity index (χ0v) is 17.7. The lowest BCUT2D eigenvalue weighted by atomic mass is 10.2. The van der Waals surface area contributed by atoms with Crippen molar-refractivity contribution in [3.05, 3.63) is 102 Å². The van der Waals surface area contributed by atoms with Crippen LogP contribution in [0, 0.1) is 5.82 Å². The Hall–Kier alpha value is -3.85. The Morgan fingerprint density at radius 3 is 2.25 bits per heavy atom. The Morgan fingerprint density at radius 1 is 0.781 bits per heavy atom. The summed E-state index contributed by atoms with van der Waals surface area (Å²) in [5.74, 6) is 1.61. The summed E-state index contributed by atoms with van der Waals surface area (Å²) in [5.41, 5.74) is 2.81. The number of tetrazole rings is 1. The number of thioether (sulfide) groups is 1. The van der Waals surface area contributed by atoms with E-state index in [4.69, 9.17) is 0 Å². The topological polar surface area (TPSA) is 74.3 Å². The highest BCUT2D eigenvalue weighted by molar-refractivity contribution is 7.98. The first kappa shape index (κ1) is 20.1. The maximum atomic E-state index is 13.4. The van der Waals surface area contributed by atoms with Crippen LogP contribution in [-0.4, -0.2) is 35.0 Å². The summed E-state index contributed by atoms with van der Waals surface area (Å²) in [4.78, 5) is 0. The second kappa shape index (κ2) is 9.11. The maximum Gasteiger partial charge on any atom is 0.192 e. The zero-order chi connectivity index (χ0) is 21.8. The zero-order valence-electron chi connectivity index (χ0n) is 16.9. The lowest BCUT2D eigenvalue weighted by molar-refractivity contribution is 0.628. The van der Waals surface area contributed by atoms with Crippen molar-refractivity contribution in [2.75, 3.05) is 0 Å². The Bertz CT molecular complexity index is 1300. The van der Waals surface area contributed by atoms with Crippen LogP contribution in [0.15, 0.2) is 90.1 Å². The number of rotatable bonds is 7. The molecular weight excluding hydrogens is 425 g/mol. The highest BCUT2D eigenvalue weighted by atomic mass is 32.2. The molecule has 2 heterocycles. The maximum absolute atomic E-state index is 13.4. The second-order valence-electron chi connectivity index (χ2n) is 7.02. The van der Waals surface area contributed by atoms with E-state index in [9.17, 15) is 4.39 Å². The summed E-state index contributed by atoms with van der Waals surface area (Å²) >= 11 is 1.50. The number of halogens is 1. The molecule has 0 saturated carbocycles. The molecule has 2 aromatic heterocycles. The number of nitrogens with zero attached hydrogens (tertiary/aromatic N) is 7. The molecule has 9 heteroatoms. The minimum Gasteiger partial charge on any atom is -0.298 e. The molecule has 0 aliphatic rings. The molecule has 0 spiro atoms. The van der Waals surface area contributed by atoms with Crippen molar-refractivity contribution in [3.63, 3.8) is 0 Å². The molecule has 158 valence electrons. The predicted molar refractivity (Wildman–Crippen MR) is 120 cm³/mol. The lowest BCUT2D eigenvalue weighted by Gasteiger charge is -2.11. The molecule has 0 bridgehead atoms. The summed E-state index contributed by atoms with van der Waals surface area (Å²) < 4.78 is 17.2. The van der Waals surface area contributed by atoms with Gasteiger partial charge in [0.05, 0.1) is 18.0 Å². The predicted octanol–water partition coefficient (Wildman–Crippen LogP) is 4.40. The minimum absolute atomic E-state index is 0.287. The largest absolute Gasteiger partial charge is 0.298 e. The van der Waals surface area contributed by atoms with Crippen LogP contribution in [0.4, 0.5) is 4.39 Å². The molecule has 0 aliphatic heterocycles. The molecule has 0 unspecified atom stereocenters. The van der Waals surface area contributed by atoms with Crippen molar-refractivity contribution < 1.29 is 4.39 Å². The van der Waals surface area contributed by atoms with Gasteiger partial charge in [-0.05, 0) is 52.4 Å². The first-order valence-corrected chi connectivity index (χ1v) is 10.9. The second-order valence-corrected chi connectivity index (χ2v) is 7.96. The molecule has 0 aliphatic carbocycles. The molecule has 0 N–H and O–H groups in total. The van der Waals surface area contributed by atoms with Gasteiger partial charge in [-0.2, -0.15) is 4.68 Å². The van der Waals surface area contributed by atoms with E-state index in [1.807, 2.05) is 53.1 Å². The molecule has 0 fully saturated rings. The minimum atomic E-state index is -0.287. The van der Waals surface area contributed by atoms with E-state index in [0.717, 1.165) is 22.0 Å². The summed E-state index contributed by atoms with van der Waals surface area (Å²) in [6.45, 7) is 0.590. The van der Waals surface area contributed by atoms with Crippen molar-refractivity contribution in [2.24, 2.45) is 0 Å². The van der Waals surface area contributed by atoms with Gasteiger partial charge in [-0.3, -0.25) is 4.57 Å². The quantitative estimate of drug-likeness (QED) is 0.347. The summed E-state index contributed by atoms with van der Waals surface area (Å²) in [5, 5.41) is 21.7. The van der Waals surface area contributed by atoms with Crippen molar-refractivity contribution in [2.45, 2.75) is 17.5 Å². The molecule has 3 aromatic carbocycles. The van der Waals surface area contributed by atoms with Crippen LogP contribution < -0.4 is 0 Å². The lowest BCUT2D eigenvalue weighted by Crippen LogP contribution is -2.05. The molecule has 0 amide bonds. The van der Waals surface area contributed by atoms with Gasteiger partial charge in [0.1, 0.15) is 5.82 Å². The average molecular weight is 444 g/mol. The molecule has 5 aromatic rings. The van der Waals surface area contributed by atoms with Crippen molar-refractivity contribution in [1.29, 1.82) is 0 Å². The van der Waals surface area contributed by atoms with Gasteiger partial charge in [0, 0.05) is 5.56 Å². The van der Waals surface area contributed by atoms with Crippen LogP contribution in [-0.2, 0) is 12.3 Å². The Labute approximate surface area is 187 Å². The number of aromatic nitrogens is 7. The highest BCUT2D eigenvalue weighted by Gasteiger charge is 2.17. The van der Waals surface area contributed by atoms with Crippen LogP contribution in [0.25, 0.3) is 17.1 Å². The fourth-order valence-corrected chi connectivity index (χ4v) is 4.15. The summed E-state index contributed by atoms with van der Waals surface area (Å²) in [6, 6.07) is 26.1. The van der Waals surface area contributed by atoms with Gasteiger partial charge in [0.25, 0.3) is 0 Å². The molecule has 5 rings (SSSR count). The molecule has 32 heavy (non-hydrogen) atoms. The van der Waals surface area contributed by atoms with E-state index in [1.54, 1.807) is 16.8 Å². The van der Waals surface area contributed by atoms with Crippen LogP contribution in [0.3, 0.4) is 0 Å². The summed E-state index contributed by atoms with van der Waals surface area (Å²) in [7, 11) is 0. The fourth-order valence-electron chi connectivity index (χ4n) is 3.31. The SMILES string of the molecule is Fc1ccc(-c2nnc(SCc3nnnn3-c3ccccc3)n2Cc2ccccc2)cc1. The van der Waals surface area contributed by atoms with Gasteiger partial charge in [-0.25, -0.2) is 4.39 Å². The van der Waals surface area contributed by atoms with Crippen LogP contribution in [0.5, 0.6) is 0 Å². The third-order valence-electron chi connectivity index (χ3n) is 4.87. The van der Waals surface area contributed by atoms with E-state index in [-0.39, 0.29) is 5.82 Å². The summed E-state index contributed by atoms with van der Waals surface area (Å²) in [6.07, 6.45) is 0.